The minimum absolute atomic E-state index is 0.0733. The second-order valence-corrected chi connectivity index (χ2v) is 10.6. The second kappa shape index (κ2) is 8.23. The van der Waals surface area contributed by atoms with E-state index >= 15 is 0 Å². The van der Waals surface area contributed by atoms with E-state index in [1.54, 1.807) is 14.2 Å². The molecule has 1 saturated carbocycles. The first-order valence-corrected chi connectivity index (χ1v) is 12.6. The molecule has 0 N–H and O–H groups in total. The van der Waals surface area contributed by atoms with E-state index in [1.807, 2.05) is 0 Å². The number of nitrogens with zero attached hydrogens (tertiary/aromatic N) is 1. The molecule has 7 rings (SSSR count). The van der Waals surface area contributed by atoms with E-state index in [0.29, 0.717) is 6.54 Å². The van der Waals surface area contributed by atoms with Crippen LogP contribution in [0.3, 0.4) is 0 Å². The van der Waals surface area contributed by atoms with Crippen molar-refractivity contribution >= 4 is 5.97 Å². The Kier molecular flexibility index (Phi) is 5.26. The quantitative estimate of drug-likeness (QED) is 0.466. The molecule has 1 saturated heterocycles. The normalized spacial score (nSPS) is 28.9. The number of esters is 1. The van der Waals surface area contributed by atoms with Crippen LogP contribution in [-0.4, -0.2) is 38.2 Å². The van der Waals surface area contributed by atoms with E-state index in [9.17, 15) is 4.79 Å². The minimum Gasteiger partial charge on any atom is -0.496 e. The third-order valence-electron chi connectivity index (χ3n) is 9.09. The third kappa shape index (κ3) is 3.05. The van der Waals surface area contributed by atoms with Gasteiger partial charge in [-0.3, -0.25) is 9.69 Å². The van der Waals surface area contributed by atoms with Gasteiger partial charge in [-0.15, -0.1) is 0 Å². The molecule has 1 aliphatic heterocycles. The largest absolute Gasteiger partial charge is 0.496 e. The SMILES string of the molecule is COC(=O)C12CN(Cc3ccccc3)CC1C1(c3ccc(C)cc3)CCC2c2c(OC)cccc21. The Hall–Kier alpha value is -3.11. The number of carbonyl (C=O) groups excluding carboxylic acids is 1. The molecular formula is C31H33NO3. The molecule has 4 unspecified atom stereocenters. The molecular weight excluding hydrogens is 434 g/mol. The molecule has 2 bridgehead atoms. The van der Waals surface area contributed by atoms with E-state index in [0.717, 1.165) is 31.7 Å². The molecule has 4 nitrogen and oxygen atoms in total. The van der Waals surface area contributed by atoms with Gasteiger partial charge in [0.1, 0.15) is 5.75 Å². The lowest BCUT2D eigenvalue weighted by Crippen LogP contribution is -2.60. The van der Waals surface area contributed by atoms with Gasteiger partial charge in [-0.25, -0.2) is 0 Å². The summed E-state index contributed by atoms with van der Waals surface area (Å²) < 4.78 is 11.6. The summed E-state index contributed by atoms with van der Waals surface area (Å²) in [6, 6.07) is 26.0. The second-order valence-electron chi connectivity index (χ2n) is 10.6. The summed E-state index contributed by atoms with van der Waals surface area (Å²) in [5, 5.41) is 0. The first-order valence-electron chi connectivity index (χ1n) is 12.6. The molecule has 4 aliphatic rings. The number of fused-ring (bicyclic) bond motifs is 1. The van der Waals surface area contributed by atoms with E-state index in [1.165, 1.54) is 27.8 Å². The van der Waals surface area contributed by atoms with Crippen molar-refractivity contribution in [3.05, 3.63) is 101 Å². The molecule has 4 atom stereocenters. The van der Waals surface area contributed by atoms with Crippen molar-refractivity contribution in [2.45, 2.75) is 37.6 Å². The summed E-state index contributed by atoms with van der Waals surface area (Å²) >= 11 is 0. The molecule has 4 heteroatoms. The highest BCUT2D eigenvalue weighted by Crippen LogP contribution is 2.70. The maximum absolute atomic E-state index is 13.9. The molecule has 180 valence electrons. The van der Waals surface area contributed by atoms with Crippen LogP contribution in [0.1, 0.15) is 46.6 Å². The number of benzene rings is 3. The van der Waals surface area contributed by atoms with Crippen LogP contribution in [0.25, 0.3) is 0 Å². The first-order chi connectivity index (χ1) is 17.0. The summed E-state index contributed by atoms with van der Waals surface area (Å²) in [6.45, 7) is 4.53. The van der Waals surface area contributed by atoms with Crippen LogP contribution in [0, 0.1) is 18.3 Å². The summed E-state index contributed by atoms with van der Waals surface area (Å²) in [7, 11) is 3.30. The fraction of sp³-hybridized carbons (Fsp3) is 0.387. The molecule has 0 aromatic heterocycles. The van der Waals surface area contributed by atoms with Crippen LogP contribution in [0.5, 0.6) is 5.75 Å². The number of likely N-dealkylation sites (tertiary alicyclic amines) is 1. The zero-order chi connectivity index (χ0) is 24.2. The van der Waals surface area contributed by atoms with E-state index in [-0.39, 0.29) is 23.2 Å². The van der Waals surface area contributed by atoms with Gasteiger partial charge in [0.2, 0.25) is 0 Å². The first kappa shape index (κ1) is 22.4. The van der Waals surface area contributed by atoms with Gasteiger partial charge in [-0.2, -0.15) is 0 Å². The smallest absolute Gasteiger partial charge is 0.314 e. The number of aryl methyl sites for hydroxylation is 1. The Morgan fingerprint density at radius 2 is 1.77 bits per heavy atom. The topological polar surface area (TPSA) is 38.8 Å². The fourth-order valence-corrected chi connectivity index (χ4v) is 7.77. The Bertz CT molecular complexity index is 1250. The van der Waals surface area contributed by atoms with Crippen LogP contribution in [-0.2, 0) is 21.5 Å². The molecule has 3 aromatic rings. The summed E-state index contributed by atoms with van der Waals surface area (Å²) in [4.78, 5) is 16.4. The molecule has 1 heterocycles. The van der Waals surface area contributed by atoms with Gasteiger partial charge in [0.05, 0.1) is 19.6 Å². The molecule has 0 spiro atoms. The lowest BCUT2D eigenvalue weighted by atomic mass is 9.42. The van der Waals surface area contributed by atoms with Crippen LogP contribution in [0.2, 0.25) is 0 Å². The zero-order valence-electron chi connectivity index (χ0n) is 20.8. The maximum Gasteiger partial charge on any atom is 0.314 e. The lowest BCUT2D eigenvalue weighted by Gasteiger charge is -2.59. The van der Waals surface area contributed by atoms with E-state index in [2.05, 4.69) is 84.6 Å². The van der Waals surface area contributed by atoms with E-state index in [4.69, 9.17) is 9.47 Å². The lowest BCUT2D eigenvalue weighted by molar-refractivity contribution is -0.161. The number of hydrogen-bond acceptors (Lipinski definition) is 4. The van der Waals surface area contributed by atoms with Crippen molar-refractivity contribution in [1.29, 1.82) is 0 Å². The van der Waals surface area contributed by atoms with Gasteiger partial charge in [0, 0.05) is 42.4 Å². The third-order valence-corrected chi connectivity index (χ3v) is 9.09. The predicted molar refractivity (Wildman–Crippen MR) is 137 cm³/mol. The average Bonchev–Trinajstić information content (AvgIpc) is 3.30. The highest BCUT2D eigenvalue weighted by molar-refractivity contribution is 5.83. The molecule has 0 radical (unpaired) electrons. The summed E-state index contributed by atoms with van der Waals surface area (Å²) in [5.41, 5.74) is 5.51. The Morgan fingerprint density at radius 1 is 1.00 bits per heavy atom. The Morgan fingerprint density at radius 3 is 2.49 bits per heavy atom. The summed E-state index contributed by atoms with van der Waals surface area (Å²) in [5.74, 6) is 1.04. The van der Waals surface area contributed by atoms with Gasteiger partial charge >= 0.3 is 5.97 Å². The van der Waals surface area contributed by atoms with Crippen LogP contribution in [0.15, 0.2) is 72.8 Å². The van der Waals surface area contributed by atoms with Gasteiger partial charge in [-0.05, 0) is 42.5 Å². The fourth-order valence-electron chi connectivity index (χ4n) is 7.77. The van der Waals surface area contributed by atoms with Gasteiger partial charge < -0.3 is 9.47 Å². The minimum atomic E-state index is -0.603. The predicted octanol–water partition coefficient (Wildman–Crippen LogP) is 5.47. The van der Waals surface area contributed by atoms with Crippen molar-refractivity contribution in [3.8, 4) is 5.75 Å². The van der Waals surface area contributed by atoms with Crippen LogP contribution in [0.4, 0.5) is 0 Å². The maximum atomic E-state index is 13.9. The summed E-state index contributed by atoms with van der Waals surface area (Å²) in [6.07, 6.45) is 1.98. The van der Waals surface area contributed by atoms with Crippen molar-refractivity contribution in [2.24, 2.45) is 11.3 Å². The Balaban J connectivity index is 1.58. The van der Waals surface area contributed by atoms with Crippen molar-refractivity contribution in [1.82, 2.24) is 4.90 Å². The molecule has 0 amide bonds. The van der Waals surface area contributed by atoms with E-state index < -0.39 is 5.41 Å². The number of methoxy groups -OCH3 is 2. The van der Waals surface area contributed by atoms with Crippen molar-refractivity contribution < 1.29 is 14.3 Å². The average molecular weight is 468 g/mol. The monoisotopic (exact) mass is 467 g/mol. The molecule has 35 heavy (non-hydrogen) atoms. The molecule has 3 aromatic carbocycles. The highest BCUT2D eigenvalue weighted by atomic mass is 16.5. The van der Waals surface area contributed by atoms with Crippen LogP contribution >= 0.6 is 0 Å². The number of rotatable bonds is 5. The number of ether oxygens (including phenoxy) is 2. The molecule has 2 fully saturated rings. The number of carbonyl (C=O) groups is 1. The standard InChI is InChI=1S/C31H33NO3/c1-21-12-14-23(15-13-21)30-17-16-25(28-24(30)10-7-11-26(28)34-2)31(29(33)35-3)20-32(19-27(30)31)18-22-8-5-4-6-9-22/h4-15,25,27H,16-20H2,1-3H3. The van der Waals surface area contributed by atoms with Crippen molar-refractivity contribution in [2.75, 3.05) is 27.3 Å². The van der Waals surface area contributed by atoms with Gasteiger partial charge in [0.15, 0.2) is 0 Å². The van der Waals surface area contributed by atoms with Crippen LogP contribution < -0.4 is 4.74 Å². The molecule has 3 aliphatic carbocycles. The highest BCUT2D eigenvalue weighted by Gasteiger charge is 2.71. The Labute approximate surface area is 207 Å². The number of hydrogen-bond donors (Lipinski definition) is 0. The van der Waals surface area contributed by atoms with Crippen molar-refractivity contribution in [3.63, 3.8) is 0 Å². The van der Waals surface area contributed by atoms with Gasteiger partial charge in [-0.1, -0.05) is 72.3 Å². The van der Waals surface area contributed by atoms with Gasteiger partial charge in [0.25, 0.3) is 0 Å². The zero-order valence-corrected chi connectivity index (χ0v) is 20.8.